The van der Waals surface area contributed by atoms with Gasteiger partial charge in [0.05, 0.1) is 6.54 Å². The predicted octanol–water partition coefficient (Wildman–Crippen LogP) is 1.19. The van der Waals surface area contributed by atoms with Gasteiger partial charge in [-0.25, -0.2) is 0 Å². The normalized spacial score (nSPS) is 13.5. The Morgan fingerprint density at radius 1 is 1.47 bits per heavy atom. The molecule has 1 aromatic rings. The smallest absolute Gasteiger partial charge is 0.221 e. The number of amides is 1. The van der Waals surface area contributed by atoms with Crippen LogP contribution in [0.1, 0.15) is 44.1 Å². The third-order valence-corrected chi connectivity index (χ3v) is 3.40. The molecule has 5 nitrogen and oxygen atoms in total. The lowest BCUT2D eigenvalue weighted by atomic mass is 9.98. The summed E-state index contributed by atoms with van der Waals surface area (Å²) in [7, 11) is 0. The number of nitrogens with zero attached hydrogens (tertiary/aromatic N) is 2. The second-order valence-corrected chi connectivity index (χ2v) is 6.27. The summed E-state index contributed by atoms with van der Waals surface area (Å²) in [4.78, 5) is 11.4. The highest BCUT2D eigenvalue weighted by Gasteiger charge is 2.19. The van der Waals surface area contributed by atoms with Crippen LogP contribution in [-0.4, -0.2) is 22.1 Å². The second-order valence-electron chi connectivity index (χ2n) is 5.21. The van der Waals surface area contributed by atoms with Gasteiger partial charge >= 0.3 is 0 Å². The molecule has 0 radical (unpaired) electrons. The molecule has 0 bridgehead atoms. The predicted molar refractivity (Wildman–Crippen MR) is 68.7 cm³/mol. The fourth-order valence-corrected chi connectivity index (χ4v) is 2.00. The van der Waals surface area contributed by atoms with Crippen LogP contribution in [-0.2, 0) is 16.8 Å². The fraction of sp³-hybridized carbons (Fsp3) is 0.727. The molecule has 1 unspecified atom stereocenters. The summed E-state index contributed by atoms with van der Waals surface area (Å²) in [5, 5.41) is 12.8. The molecule has 1 amide bonds. The zero-order valence-corrected chi connectivity index (χ0v) is 11.6. The van der Waals surface area contributed by atoms with Crippen molar-refractivity contribution >= 4 is 17.2 Å². The Balaban J connectivity index is 2.48. The summed E-state index contributed by atoms with van der Waals surface area (Å²) in [6.45, 7) is 8.51. The largest absolute Gasteiger partial charge is 0.349 e. The number of carbonyl (C=O) groups excluding carboxylic acids is 1. The van der Waals surface area contributed by atoms with Gasteiger partial charge in [0, 0.05) is 17.9 Å². The monoisotopic (exact) mass is 256 g/mol. The standard InChI is InChI=1S/C11H20N4OS/c1-7(12)5-8(16)13-6-9-14-15-10(17-9)11(2,3)4/h7H,5-6,12H2,1-4H3,(H,13,16). The van der Waals surface area contributed by atoms with E-state index in [1.165, 1.54) is 11.3 Å². The van der Waals surface area contributed by atoms with E-state index in [-0.39, 0.29) is 17.4 Å². The van der Waals surface area contributed by atoms with Crippen molar-refractivity contribution in [2.45, 2.75) is 52.1 Å². The average molecular weight is 256 g/mol. The number of carbonyl (C=O) groups is 1. The lowest BCUT2D eigenvalue weighted by molar-refractivity contribution is -0.121. The Hall–Kier alpha value is -1.01. The molecule has 0 spiro atoms. The first-order valence-electron chi connectivity index (χ1n) is 5.64. The van der Waals surface area contributed by atoms with Crippen molar-refractivity contribution in [1.82, 2.24) is 15.5 Å². The SMILES string of the molecule is CC(N)CC(=O)NCc1nnc(C(C)(C)C)s1. The maximum Gasteiger partial charge on any atom is 0.221 e. The van der Waals surface area contributed by atoms with Crippen LogP contribution in [0.25, 0.3) is 0 Å². The number of nitrogens with two attached hydrogens (primary N) is 1. The Labute approximate surface area is 106 Å². The summed E-state index contributed by atoms with van der Waals surface area (Å²) in [5.74, 6) is -0.0486. The fourth-order valence-electron chi connectivity index (χ4n) is 1.17. The third kappa shape index (κ3) is 4.79. The lowest BCUT2D eigenvalue weighted by Gasteiger charge is -2.12. The van der Waals surface area contributed by atoms with Crippen molar-refractivity contribution in [2.24, 2.45) is 5.73 Å². The van der Waals surface area contributed by atoms with E-state index in [2.05, 4.69) is 36.3 Å². The van der Waals surface area contributed by atoms with Crippen LogP contribution in [0.5, 0.6) is 0 Å². The average Bonchev–Trinajstić information content (AvgIpc) is 2.61. The Morgan fingerprint density at radius 3 is 2.59 bits per heavy atom. The van der Waals surface area contributed by atoms with E-state index in [0.717, 1.165) is 10.0 Å². The van der Waals surface area contributed by atoms with Gasteiger partial charge in [-0.05, 0) is 6.92 Å². The summed E-state index contributed by atoms with van der Waals surface area (Å²) in [6, 6.07) is -0.116. The van der Waals surface area contributed by atoms with E-state index >= 15 is 0 Å². The van der Waals surface area contributed by atoms with Crippen molar-refractivity contribution < 1.29 is 4.79 Å². The van der Waals surface area contributed by atoms with Crippen molar-refractivity contribution in [3.63, 3.8) is 0 Å². The second kappa shape index (κ2) is 5.55. The van der Waals surface area contributed by atoms with Crippen molar-refractivity contribution in [3.05, 3.63) is 10.0 Å². The van der Waals surface area contributed by atoms with Crippen LogP contribution in [0, 0.1) is 0 Å². The molecular formula is C11H20N4OS. The molecular weight excluding hydrogens is 236 g/mol. The first-order chi connectivity index (χ1) is 7.79. The van der Waals surface area contributed by atoms with Crippen LogP contribution < -0.4 is 11.1 Å². The molecule has 1 aromatic heterocycles. The maximum atomic E-state index is 11.4. The van der Waals surface area contributed by atoms with E-state index in [1.807, 2.05) is 6.92 Å². The molecule has 0 saturated heterocycles. The van der Waals surface area contributed by atoms with Crippen molar-refractivity contribution in [1.29, 1.82) is 0 Å². The highest BCUT2D eigenvalue weighted by Crippen LogP contribution is 2.25. The highest BCUT2D eigenvalue weighted by molar-refractivity contribution is 7.11. The zero-order chi connectivity index (χ0) is 13.1. The van der Waals surface area contributed by atoms with Crippen LogP contribution in [0.2, 0.25) is 0 Å². The molecule has 0 aliphatic heterocycles. The molecule has 0 fully saturated rings. The molecule has 1 heterocycles. The van der Waals surface area contributed by atoms with Gasteiger partial charge < -0.3 is 11.1 Å². The third-order valence-electron chi connectivity index (χ3n) is 2.05. The van der Waals surface area contributed by atoms with Crippen LogP contribution in [0.3, 0.4) is 0 Å². The van der Waals surface area contributed by atoms with Gasteiger partial charge in [0.15, 0.2) is 0 Å². The highest BCUT2D eigenvalue weighted by atomic mass is 32.1. The molecule has 17 heavy (non-hydrogen) atoms. The molecule has 0 aromatic carbocycles. The van der Waals surface area contributed by atoms with E-state index in [4.69, 9.17) is 5.73 Å². The van der Waals surface area contributed by atoms with Crippen molar-refractivity contribution in [2.75, 3.05) is 0 Å². The number of aromatic nitrogens is 2. The molecule has 0 saturated carbocycles. The van der Waals surface area contributed by atoms with Gasteiger partial charge in [-0.1, -0.05) is 32.1 Å². The molecule has 3 N–H and O–H groups in total. The summed E-state index contributed by atoms with van der Waals surface area (Å²) >= 11 is 1.53. The summed E-state index contributed by atoms with van der Waals surface area (Å²) in [5.41, 5.74) is 5.54. The van der Waals surface area contributed by atoms with Gasteiger partial charge in [-0.3, -0.25) is 4.79 Å². The first kappa shape index (κ1) is 14.1. The molecule has 0 aliphatic rings. The first-order valence-corrected chi connectivity index (χ1v) is 6.46. The number of hydrogen-bond donors (Lipinski definition) is 2. The van der Waals surface area contributed by atoms with Gasteiger partial charge in [0.25, 0.3) is 0 Å². The van der Waals surface area contributed by atoms with Gasteiger partial charge in [-0.15, -0.1) is 10.2 Å². The minimum atomic E-state index is -0.116. The number of hydrogen-bond acceptors (Lipinski definition) is 5. The van der Waals surface area contributed by atoms with Gasteiger partial charge in [0.2, 0.25) is 5.91 Å². The van der Waals surface area contributed by atoms with Crippen LogP contribution in [0.4, 0.5) is 0 Å². The molecule has 96 valence electrons. The van der Waals surface area contributed by atoms with E-state index in [9.17, 15) is 4.79 Å². The summed E-state index contributed by atoms with van der Waals surface area (Å²) < 4.78 is 0. The molecule has 6 heteroatoms. The Kier molecular flexibility index (Phi) is 4.59. The van der Waals surface area contributed by atoms with Gasteiger partial charge in [-0.2, -0.15) is 0 Å². The van der Waals surface area contributed by atoms with Crippen LogP contribution in [0.15, 0.2) is 0 Å². The topological polar surface area (TPSA) is 80.9 Å². The van der Waals surface area contributed by atoms with Gasteiger partial charge in [0.1, 0.15) is 10.0 Å². The van der Waals surface area contributed by atoms with E-state index in [0.29, 0.717) is 13.0 Å². The lowest BCUT2D eigenvalue weighted by Crippen LogP contribution is -2.29. The number of nitrogens with one attached hydrogen (secondary N) is 1. The van der Waals surface area contributed by atoms with E-state index < -0.39 is 0 Å². The molecule has 1 atom stereocenters. The minimum Gasteiger partial charge on any atom is -0.349 e. The van der Waals surface area contributed by atoms with E-state index in [1.54, 1.807) is 0 Å². The molecule has 0 aliphatic carbocycles. The van der Waals surface area contributed by atoms with Crippen molar-refractivity contribution in [3.8, 4) is 0 Å². The Morgan fingerprint density at radius 2 is 2.12 bits per heavy atom. The quantitative estimate of drug-likeness (QED) is 0.848. The maximum absolute atomic E-state index is 11.4. The minimum absolute atomic E-state index is 0.00565. The number of rotatable bonds is 4. The Bertz CT molecular complexity index is 381. The van der Waals surface area contributed by atoms with Crippen LogP contribution >= 0.6 is 11.3 Å². The summed E-state index contributed by atoms with van der Waals surface area (Å²) in [6.07, 6.45) is 0.338. The zero-order valence-electron chi connectivity index (χ0n) is 10.8. The molecule has 1 rings (SSSR count).